The third-order valence-electron chi connectivity index (χ3n) is 4.56. The molecule has 1 aromatic carbocycles. The SMILES string of the molecule is O=C(C1CC(F)(F)CN1)N1CCCN(Cc2ccccc2)CC1. The van der Waals surface area contributed by atoms with E-state index in [4.69, 9.17) is 0 Å². The minimum absolute atomic E-state index is 0.177. The molecule has 6 heteroatoms. The Morgan fingerprint density at radius 2 is 1.96 bits per heavy atom. The van der Waals surface area contributed by atoms with Gasteiger partial charge in [-0.3, -0.25) is 15.0 Å². The molecule has 0 aromatic heterocycles. The van der Waals surface area contributed by atoms with Gasteiger partial charge in [0.2, 0.25) is 5.91 Å². The lowest BCUT2D eigenvalue weighted by Gasteiger charge is -2.24. The molecule has 23 heavy (non-hydrogen) atoms. The quantitative estimate of drug-likeness (QED) is 0.920. The predicted octanol–water partition coefficient (Wildman–Crippen LogP) is 1.72. The van der Waals surface area contributed by atoms with Crippen LogP contribution in [0.25, 0.3) is 0 Å². The van der Waals surface area contributed by atoms with Crippen molar-refractivity contribution >= 4 is 5.91 Å². The van der Waals surface area contributed by atoms with Crippen LogP contribution in [0.15, 0.2) is 30.3 Å². The fraction of sp³-hybridized carbons (Fsp3) is 0.588. The largest absolute Gasteiger partial charge is 0.340 e. The van der Waals surface area contributed by atoms with Crippen LogP contribution in [-0.4, -0.2) is 60.4 Å². The van der Waals surface area contributed by atoms with Gasteiger partial charge in [-0.2, -0.15) is 0 Å². The zero-order valence-corrected chi connectivity index (χ0v) is 13.2. The summed E-state index contributed by atoms with van der Waals surface area (Å²) in [6, 6.07) is 9.50. The van der Waals surface area contributed by atoms with Crippen molar-refractivity contribution in [2.45, 2.75) is 31.4 Å². The maximum Gasteiger partial charge on any atom is 0.262 e. The number of nitrogens with one attached hydrogen (secondary N) is 1. The maximum absolute atomic E-state index is 13.3. The highest BCUT2D eigenvalue weighted by Crippen LogP contribution is 2.26. The second-order valence-corrected chi connectivity index (χ2v) is 6.43. The highest BCUT2D eigenvalue weighted by Gasteiger charge is 2.43. The fourth-order valence-corrected chi connectivity index (χ4v) is 3.30. The van der Waals surface area contributed by atoms with E-state index in [0.29, 0.717) is 13.1 Å². The van der Waals surface area contributed by atoms with Crippen molar-refractivity contribution in [3.05, 3.63) is 35.9 Å². The maximum atomic E-state index is 13.3. The summed E-state index contributed by atoms with van der Waals surface area (Å²) in [5, 5.41) is 2.66. The van der Waals surface area contributed by atoms with Gasteiger partial charge in [0.05, 0.1) is 12.6 Å². The molecule has 2 saturated heterocycles. The lowest BCUT2D eigenvalue weighted by atomic mass is 10.1. The molecule has 0 aliphatic carbocycles. The third kappa shape index (κ3) is 4.26. The Morgan fingerprint density at radius 3 is 2.65 bits per heavy atom. The molecule has 2 heterocycles. The molecule has 126 valence electrons. The molecule has 0 saturated carbocycles. The van der Waals surface area contributed by atoms with Crippen LogP contribution in [0.2, 0.25) is 0 Å². The highest BCUT2D eigenvalue weighted by molar-refractivity contribution is 5.82. The van der Waals surface area contributed by atoms with Crippen LogP contribution >= 0.6 is 0 Å². The first kappa shape index (κ1) is 16.3. The Balaban J connectivity index is 1.53. The first-order valence-electron chi connectivity index (χ1n) is 8.20. The third-order valence-corrected chi connectivity index (χ3v) is 4.56. The molecule has 2 fully saturated rings. The van der Waals surface area contributed by atoms with Crippen molar-refractivity contribution in [2.24, 2.45) is 0 Å². The number of nitrogens with zero attached hydrogens (tertiary/aromatic N) is 2. The van der Waals surface area contributed by atoms with Gasteiger partial charge in [0.25, 0.3) is 5.92 Å². The van der Waals surface area contributed by atoms with Crippen LogP contribution in [0.4, 0.5) is 8.78 Å². The normalized spacial score (nSPS) is 25.3. The zero-order chi connectivity index (χ0) is 16.3. The van der Waals surface area contributed by atoms with E-state index in [9.17, 15) is 13.6 Å². The summed E-state index contributed by atoms with van der Waals surface area (Å²) in [6.45, 7) is 3.43. The topological polar surface area (TPSA) is 35.6 Å². The molecule has 0 radical (unpaired) electrons. The van der Waals surface area contributed by atoms with Gasteiger partial charge in [0, 0.05) is 39.1 Å². The smallest absolute Gasteiger partial charge is 0.262 e. The van der Waals surface area contributed by atoms with Gasteiger partial charge in [-0.05, 0) is 12.0 Å². The van der Waals surface area contributed by atoms with E-state index >= 15 is 0 Å². The van der Waals surface area contributed by atoms with E-state index < -0.39 is 18.5 Å². The highest BCUT2D eigenvalue weighted by atomic mass is 19.3. The summed E-state index contributed by atoms with van der Waals surface area (Å²) < 4.78 is 26.5. The Morgan fingerprint density at radius 1 is 1.17 bits per heavy atom. The number of alkyl halides is 2. The monoisotopic (exact) mass is 323 g/mol. The van der Waals surface area contributed by atoms with Gasteiger partial charge in [0.1, 0.15) is 0 Å². The Labute approximate surface area is 135 Å². The number of benzene rings is 1. The fourth-order valence-electron chi connectivity index (χ4n) is 3.30. The van der Waals surface area contributed by atoms with Crippen LogP contribution in [0.3, 0.4) is 0 Å². The van der Waals surface area contributed by atoms with Gasteiger partial charge < -0.3 is 4.90 Å². The van der Waals surface area contributed by atoms with E-state index in [1.165, 1.54) is 5.56 Å². The number of hydrogen-bond acceptors (Lipinski definition) is 3. The number of rotatable bonds is 3. The van der Waals surface area contributed by atoms with Crippen molar-refractivity contribution < 1.29 is 13.6 Å². The lowest BCUT2D eigenvalue weighted by molar-refractivity contribution is -0.133. The Hall–Kier alpha value is -1.53. The Bertz CT molecular complexity index is 538. The first-order valence-corrected chi connectivity index (χ1v) is 8.20. The molecule has 3 rings (SSSR count). The van der Waals surface area contributed by atoms with Crippen LogP contribution in [-0.2, 0) is 11.3 Å². The van der Waals surface area contributed by atoms with Crippen LogP contribution in [0.5, 0.6) is 0 Å². The van der Waals surface area contributed by atoms with Crippen molar-refractivity contribution in [3.63, 3.8) is 0 Å². The summed E-state index contributed by atoms with van der Waals surface area (Å²) in [5.74, 6) is -2.94. The van der Waals surface area contributed by atoms with E-state index in [-0.39, 0.29) is 12.3 Å². The number of hydrogen-bond donors (Lipinski definition) is 1. The summed E-state index contributed by atoms with van der Waals surface area (Å²) in [7, 11) is 0. The van der Waals surface area contributed by atoms with E-state index in [1.54, 1.807) is 4.90 Å². The molecule has 0 spiro atoms. The first-order chi connectivity index (χ1) is 11.0. The zero-order valence-electron chi connectivity index (χ0n) is 13.2. The minimum Gasteiger partial charge on any atom is -0.340 e. The lowest BCUT2D eigenvalue weighted by Crippen LogP contribution is -2.45. The van der Waals surface area contributed by atoms with Crippen molar-refractivity contribution in [1.82, 2.24) is 15.1 Å². The van der Waals surface area contributed by atoms with Gasteiger partial charge in [-0.25, -0.2) is 8.78 Å². The molecule has 0 bridgehead atoms. The minimum atomic E-state index is -2.76. The van der Waals surface area contributed by atoms with Crippen molar-refractivity contribution in [1.29, 1.82) is 0 Å². The summed E-state index contributed by atoms with van der Waals surface area (Å²) in [5.41, 5.74) is 1.25. The van der Waals surface area contributed by atoms with E-state index in [2.05, 4.69) is 22.3 Å². The van der Waals surface area contributed by atoms with Crippen LogP contribution in [0.1, 0.15) is 18.4 Å². The molecular formula is C17H23F2N3O. The van der Waals surface area contributed by atoms with Crippen LogP contribution < -0.4 is 5.32 Å². The van der Waals surface area contributed by atoms with E-state index in [0.717, 1.165) is 26.1 Å². The van der Waals surface area contributed by atoms with E-state index in [1.807, 2.05) is 18.2 Å². The summed E-state index contributed by atoms with van der Waals surface area (Å²) in [4.78, 5) is 16.5. The van der Waals surface area contributed by atoms with Gasteiger partial charge in [0.15, 0.2) is 0 Å². The molecule has 1 unspecified atom stereocenters. The van der Waals surface area contributed by atoms with Crippen LogP contribution in [0, 0.1) is 0 Å². The second kappa shape index (κ2) is 6.93. The predicted molar refractivity (Wildman–Crippen MR) is 84.3 cm³/mol. The Kier molecular flexibility index (Phi) is 4.92. The number of amides is 1. The molecule has 1 N–H and O–H groups in total. The van der Waals surface area contributed by atoms with Gasteiger partial charge >= 0.3 is 0 Å². The molecular weight excluding hydrogens is 300 g/mol. The molecule has 1 aromatic rings. The number of halogens is 2. The number of carbonyl (C=O) groups excluding carboxylic acids is 1. The average Bonchev–Trinajstić information content (AvgIpc) is 2.75. The van der Waals surface area contributed by atoms with Crippen molar-refractivity contribution in [3.8, 4) is 0 Å². The summed E-state index contributed by atoms with van der Waals surface area (Å²) in [6.07, 6.45) is 0.498. The molecule has 4 nitrogen and oxygen atoms in total. The number of carbonyl (C=O) groups is 1. The standard InChI is InChI=1S/C17H23F2N3O/c18-17(19)11-15(20-13-17)16(23)22-8-4-7-21(9-10-22)12-14-5-2-1-3-6-14/h1-3,5-6,15,20H,4,7-13H2. The average molecular weight is 323 g/mol. The van der Waals surface area contributed by atoms with Crippen molar-refractivity contribution in [2.75, 3.05) is 32.7 Å². The molecule has 2 aliphatic rings. The van der Waals surface area contributed by atoms with Gasteiger partial charge in [-0.15, -0.1) is 0 Å². The second-order valence-electron chi connectivity index (χ2n) is 6.43. The summed E-state index contributed by atoms with van der Waals surface area (Å²) >= 11 is 0. The molecule has 1 amide bonds. The molecule has 1 atom stereocenters. The molecule has 2 aliphatic heterocycles. The van der Waals surface area contributed by atoms with Gasteiger partial charge in [-0.1, -0.05) is 30.3 Å².